The van der Waals surface area contributed by atoms with Crippen LogP contribution in [0.3, 0.4) is 0 Å². The number of fused-ring (bicyclic) bond motifs is 6. The van der Waals surface area contributed by atoms with Crippen LogP contribution >= 0.6 is 0 Å². The molecular formula is C49H53N9O7. The van der Waals surface area contributed by atoms with Crippen LogP contribution in [0.2, 0.25) is 0 Å². The number of benzene rings is 4. The predicted octanol–water partition coefficient (Wildman–Crippen LogP) is 7.43. The number of urea groups is 1. The first kappa shape index (κ1) is 42.9. The molecule has 9 rings (SSSR count). The normalized spacial score (nSPS) is 18.7. The number of likely N-dealkylation sites (tertiary alicyclic amines) is 2. The van der Waals surface area contributed by atoms with Crippen LogP contribution in [0.5, 0.6) is 5.75 Å². The van der Waals surface area contributed by atoms with E-state index in [0.29, 0.717) is 49.1 Å². The Morgan fingerprint density at radius 1 is 0.892 bits per heavy atom. The fourth-order valence-corrected chi connectivity index (χ4v) is 9.52. The summed E-state index contributed by atoms with van der Waals surface area (Å²) in [7, 11) is 4.38. The number of ether oxygens (including phenoxy) is 3. The monoisotopic (exact) mass is 879 g/mol. The molecule has 4 aromatic carbocycles. The van der Waals surface area contributed by atoms with Crippen LogP contribution in [0.25, 0.3) is 44.2 Å². The van der Waals surface area contributed by atoms with E-state index in [0.717, 1.165) is 68.3 Å². The highest BCUT2D eigenvalue weighted by Gasteiger charge is 2.43. The molecule has 16 heteroatoms. The van der Waals surface area contributed by atoms with E-state index in [-0.39, 0.29) is 29.7 Å². The molecule has 0 bridgehead atoms. The molecule has 5 heterocycles. The molecule has 0 saturated carbocycles. The van der Waals surface area contributed by atoms with Crippen molar-refractivity contribution in [2.75, 3.05) is 34.4 Å². The Labute approximate surface area is 376 Å². The summed E-state index contributed by atoms with van der Waals surface area (Å²) in [4.78, 5) is 73.4. The van der Waals surface area contributed by atoms with Crippen molar-refractivity contribution in [1.82, 2.24) is 45.7 Å². The maximum absolute atomic E-state index is 14.2. The number of carbonyl (C=O) groups is 4. The zero-order chi connectivity index (χ0) is 45.5. The van der Waals surface area contributed by atoms with Crippen molar-refractivity contribution in [3.05, 3.63) is 114 Å². The van der Waals surface area contributed by atoms with Gasteiger partial charge in [-0.3, -0.25) is 9.59 Å². The average molecular weight is 880 g/mol. The fraction of sp³-hybridized carbons (Fsp3) is 0.347. The Hall–Kier alpha value is -7.36. The van der Waals surface area contributed by atoms with E-state index in [1.54, 1.807) is 18.2 Å². The van der Waals surface area contributed by atoms with E-state index < -0.39 is 30.2 Å². The molecule has 0 radical (unpaired) electrons. The summed E-state index contributed by atoms with van der Waals surface area (Å²) in [5, 5.41) is 10.1. The van der Waals surface area contributed by atoms with Crippen molar-refractivity contribution >= 4 is 45.7 Å². The largest absolute Gasteiger partial charge is 0.501 e. The summed E-state index contributed by atoms with van der Waals surface area (Å²) in [6, 6.07) is 21.1. The van der Waals surface area contributed by atoms with Crippen molar-refractivity contribution in [1.29, 1.82) is 0 Å². The molecule has 2 aromatic heterocycles. The number of rotatable bonds is 11. The van der Waals surface area contributed by atoms with Crippen molar-refractivity contribution in [3.63, 3.8) is 0 Å². The SMILES string of the molecule is C=C(OC)[C@H]1C[C@@H](c2ncc(-c3ccc4c(c3)COc3cc5c(ccc6[nH]c([C@@H]7CCCN7C(=O)[C@H](NC(=O)NC)c7ccccc7)nc65)cc3-4)[nH]2)N(C(=O)[C@@H](NC(=O)OC)C(C)C)C1. The first-order valence-electron chi connectivity index (χ1n) is 21.9. The van der Waals surface area contributed by atoms with Crippen LogP contribution in [0.1, 0.15) is 74.0 Å². The highest BCUT2D eigenvalue weighted by molar-refractivity contribution is 6.07. The smallest absolute Gasteiger partial charge is 0.407 e. The second kappa shape index (κ2) is 17.7. The van der Waals surface area contributed by atoms with Crippen LogP contribution in [-0.2, 0) is 25.7 Å². The van der Waals surface area contributed by atoms with Gasteiger partial charge in [-0.25, -0.2) is 19.6 Å². The zero-order valence-electron chi connectivity index (χ0n) is 37.1. The summed E-state index contributed by atoms with van der Waals surface area (Å²) in [5.41, 5.74) is 7.11. The van der Waals surface area contributed by atoms with Crippen LogP contribution in [0.4, 0.5) is 9.59 Å². The van der Waals surface area contributed by atoms with Gasteiger partial charge in [0.05, 0.1) is 55.0 Å². The maximum atomic E-state index is 14.2. The zero-order valence-corrected chi connectivity index (χ0v) is 37.1. The molecule has 0 spiro atoms. The van der Waals surface area contributed by atoms with Gasteiger partial charge in [0.1, 0.15) is 36.1 Å². The molecule has 65 heavy (non-hydrogen) atoms. The van der Waals surface area contributed by atoms with E-state index in [9.17, 15) is 19.2 Å². The molecular weight excluding hydrogens is 827 g/mol. The van der Waals surface area contributed by atoms with Gasteiger partial charge in [-0.1, -0.05) is 69.0 Å². The molecule has 3 aliphatic heterocycles. The van der Waals surface area contributed by atoms with Gasteiger partial charge in [-0.15, -0.1) is 0 Å². The number of imidazole rings is 2. The lowest BCUT2D eigenvalue weighted by atomic mass is 9.92. The number of methoxy groups -OCH3 is 2. The number of aromatic nitrogens is 4. The standard InChI is InChI=1S/C49H53N9O7/c1-26(2)41(56-49(62)64-6)46(59)58-24-31(27(3)63-5)21-39(58)44-51-23-37(53-44)30-14-16-33-32(19-30)25-65-40-22-34-29(20-35(33)40)15-17-36-43(34)54-45(52-36)38-13-10-18-57(38)47(60)42(55-48(61)50-4)28-11-8-7-9-12-28/h7-9,11-12,14-17,19-20,22-23,26,31,38-39,41-42H,3,10,13,18,21,24-25H2,1-2,4-6H3,(H,51,53)(H,52,54)(H,56,62)(H2,50,55,61)/t31-,38-,39-,41-,42+/m0/s1. The molecule has 0 aliphatic carbocycles. The first-order valence-corrected chi connectivity index (χ1v) is 21.9. The Balaban J connectivity index is 0.971. The van der Waals surface area contributed by atoms with Gasteiger partial charge in [-0.2, -0.15) is 0 Å². The minimum atomic E-state index is -0.848. The number of alkyl carbamates (subject to hydrolysis) is 1. The highest BCUT2D eigenvalue weighted by Crippen LogP contribution is 2.44. The Bertz CT molecular complexity index is 2820. The molecule has 2 fully saturated rings. The first-order chi connectivity index (χ1) is 31.5. The summed E-state index contributed by atoms with van der Waals surface area (Å²) >= 11 is 0. The van der Waals surface area contributed by atoms with Gasteiger partial charge in [-0.05, 0) is 77.1 Å². The van der Waals surface area contributed by atoms with Gasteiger partial charge in [0.15, 0.2) is 0 Å². The van der Waals surface area contributed by atoms with E-state index >= 15 is 0 Å². The lowest BCUT2D eigenvalue weighted by molar-refractivity contribution is -0.136. The lowest BCUT2D eigenvalue weighted by Crippen LogP contribution is -2.51. The maximum Gasteiger partial charge on any atom is 0.407 e. The second-order valence-electron chi connectivity index (χ2n) is 17.2. The molecule has 5 amide bonds. The molecule has 336 valence electrons. The summed E-state index contributed by atoms with van der Waals surface area (Å²) in [5.74, 6) is 1.93. The van der Waals surface area contributed by atoms with Gasteiger partial charge in [0.2, 0.25) is 11.8 Å². The van der Waals surface area contributed by atoms with Crippen molar-refractivity contribution < 1.29 is 33.4 Å². The number of H-pyrrole nitrogens is 2. The number of nitrogens with one attached hydrogen (secondary N) is 5. The van der Waals surface area contributed by atoms with Crippen molar-refractivity contribution in [3.8, 4) is 28.1 Å². The van der Waals surface area contributed by atoms with Crippen LogP contribution in [-0.4, -0.2) is 94.1 Å². The number of hydrogen-bond donors (Lipinski definition) is 5. The van der Waals surface area contributed by atoms with Crippen LogP contribution in [0, 0.1) is 11.8 Å². The van der Waals surface area contributed by atoms with Crippen molar-refractivity contribution in [2.24, 2.45) is 11.8 Å². The minimum absolute atomic E-state index is 0.122. The Morgan fingerprint density at radius 2 is 1.71 bits per heavy atom. The topological polar surface area (TPSA) is 196 Å². The third kappa shape index (κ3) is 8.08. The van der Waals surface area contributed by atoms with Crippen molar-refractivity contribution in [2.45, 2.75) is 63.9 Å². The Morgan fingerprint density at radius 3 is 2.46 bits per heavy atom. The molecule has 6 aromatic rings. The highest BCUT2D eigenvalue weighted by atomic mass is 16.5. The minimum Gasteiger partial charge on any atom is -0.501 e. The molecule has 3 aliphatic rings. The van der Waals surface area contributed by atoms with Gasteiger partial charge in [0, 0.05) is 37.0 Å². The van der Waals surface area contributed by atoms with E-state index in [1.165, 1.54) is 14.2 Å². The third-order valence-corrected chi connectivity index (χ3v) is 13.0. The van der Waals surface area contributed by atoms with E-state index in [4.69, 9.17) is 24.2 Å². The summed E-state index contributed by atoms with van der Waals surface area (Å²) in [6.07, 6.45) is 3.21. The molecule has 2 saturated heterocycles. The summed E-state index contributed by atoms with van der Waals surface area (Å²) < 4.78 is 16.8. The molecule has 16 nitrogen and oxygen atoms in total. The Kier molecular flexibility index (Phi) is 11.7. The van der Waals surface area contributed by atoms with Gasteiger partial charge in [0.25, 0.3) is 0 Å². The molecule has 5 atom stereocenters. The lowest BCUT2D eigenvalue weighted by Gasteiger charge is -2.30. The van der Waals surface area contributed by atoms with E-state index in [2.05, 4.69) is 68.9 Å². The average Bonchev–Trinajstić information content (AvgIpc) is 4.17. The number of hydrogen-bond acceptors (Lipinski definition) is 9. The van der Waals surface area contributed by atoms with E-state index in [1.807, 2.05) is 55.1 Å². The summed E-state index contributed by atoms with van der Waals surface area (Å²) in [6.45, 7) is 9.11. The van der Waals surface area contributed by atoms with Crippen LogP contribution < -0.4 is 20.7 Å². The van der Waals surface area contributed by atoms with Gasteiger partial charge >= 0.3 is 12.1 Å². The number of aromatic amines is 2. The number of carbonyl (C=O) groups excluding carboxylic acids is 4. The molecule has 5 N–H and O–H groups in total. The second-order valence-corrected chi connectivity index (χ2v) is 17.2. The third-order valence-electron chi connectivity index (χ3n) is 13.0. The molecule has 0 unspecified atom stereocenters. The quantitative estimate of drug-likeness (QED) is 0.0823. The predicted molar refractivity (Wildman–Crippen MR) is 244 cm³/mol. The number of nitrogens with zero attached hydrogens (tertiary/aromatic N) is 4. The number of amides is 5. The fourth-order valence-electron chi connectivity index (χ4n) is 9.52. The van der Waals surface area contributed by atoms with Gasteiger partial charge < -0.3 is 49.9 Å². The van der Waals surface area contributed by atoms with Crippen LogP contribution in [0.15, 0.2) is 91.3 Å².